The van der Waals surface area contributed by atoms with Crippen LogP contribution in [0, 0.1) is 0 Å². The molecule has 3 nitrogen and oxygen atoms in total. The fourth-order valence-electron chi connectivity index (χ4n) is 2.00. The number of nitrogens with one attached hydrogen (secondary N) is 1. The van der Waals surface area contributed by atoms with Crippen LogP contribution in [0.1, 0.15) is 32.3 Å². The second-order valence-corrected chi connectivity index (χ2v) is 6.21. The minimum atomic E-state index is -0.984. The van der Waals surface area contributed by atoms with E-state index in [-0.39, 0.29) is 0 Å². The molecular weight excluding hydrogens is 258 g/mol. The van der Waals surface area contributed by atoms with Gasteiger partial charge in [-0.15, -0.1) is 0 Å². The topological polar surface area (TPSA) is 49.3 Å². The first-order valence-electron chi connectivity index (χ1n) is 6.66. The number of carboxylic acids is 1. The molecule has 0 amide bonds. The van der Waals surface area contributed by atoms with Crippen LogP contribution >= 0.6 is 11.8 Å². The zero-order chi connectivity index (χ0) is 14.3. The number of aliphatic carboxylic acids is 1. The summed E-state index contributed by atoms with van der Waals surface area (Å²) >= 11 is 1.83. The van der Waals surface area contributed by atoms with Crippen molar-refractivity contribution in [1.29, 1.82) is 0 Å². The minimum absolute atomic E-state index is 0.569. The van der Waals surface area contributed by atoms with Gasteiger partial charge in [0.15, 0.2) is 0 Å². The molecule has 1 aromatic carbocycles. The first kappa shape index (κ1) is 16.1. The zero-order valence-electron chi connectivity index (χ0n) is 11.8. The molecule has 0 spiro atoms. The summed E-state index contributed by atoms with van der Waals surface area (Å²) in [6, 6.07) is 9.41. The van der Waals surface area contributed by atoms with E-state index in [1.54, 1.807) is 7.05 Å². The van der Waals surface area contributed by atoms with E-state index in [2.05, 4.69) is 19.2 Å². The van der Waals surface area contributed by atoms with Crippen LogP contribution in [0.2, 0.25) is 0 Å². The largest absolute Gasteiger partial charge is 0.480 e. The van der Waals surface area contributed by atoms with Crippen LogP contribution in [-0.2, 0) is 10.3 Å². The van der Waals surface area contributed by atoms with Crippen molar-refractivity contribution < 1.29 is 9.90 Å². The SMILES string of the molecule is CCC(C)SCCC(NC)(C(=O)O)c1ccccc1. The highest BCUT2D eigenvalue weighted by atomic mass is 32.2. The van der Waals surface area contributed by atoms with Crippen molar-refractivity contribution in [2.45, 2.75) is 37.5 Å². The number of hydrogen-bond acceptors (Lipinski definition) is 3. The Balaban J connectivity index is 2.85. The van der Waals surface area contributed by atoms with Gasteiger partial charge >= 0.3 is 5.97 Å². The van der Waals surface area contributed by atoms with Crippen molar-refractivity contribution in [3.8, 4) is 0 Å². The number of carbonyl (C=O) groups is 1. The van der Waals surface area contributed by atoms with Gasteiger partial charge in [0, 0.05) is 5.25 Å². The van der Waals surface area contributed by atoms with E-state index in [0.717, 1.165) is 17.7 Å². The molecule has 0 bridgehead atoms. The van der Waals surface area contributed by atoms with Crippen LogP contribution in [-0.4, -0.2) is 29.1 Å². The lowest BCUT2D eigenvalue weighted by atomic mass is 9.87. The maximum absolute atomic E-state index is 11.7. The monoisotopic (exact) mass is 281 g/mol. The molecule has 0 saturated heterocycles. The summed E-state index contributed by atoms with van der Waals surface area (Å²) < 4.78 is 0. The maximum atomic E-state index is 11.7. The molecule has 2 atom stereocenters. The fourth-order valence-corrected chi connectivity index (χ4v) is 3.07. The average Bonchev–Trinajstić information content (AvgIpc) is 2.44. The molecule has 2 N–H and O–H groups in total. The Bertz CT molecular complexity index is 396. The van der Waals surface area contributed by atoms with Crippen molar-refractivity contribution in [3.63, 3.8) is 0 Å². The third-order valence-corrected chi connectivity index (χ3v) is 4.85. The molecule has 0 fully saturated rings. The molecule has 0 aromatic heterocycles. The van der Waals surface area contributed by atoms with Crippen LogP contribution < -0.4 is 5.32 Å². The summed E-state index contributed by atoms with van der Waals surface area (Å²) in [6.07, 6.45) is 1.69. The van der Waals surface area contributed by atoms with Gasteiger partial charge in [-0.3, -0.25) is 0 Å². The van der Waals surface area contributed by atoms with Crippen molar-refractivity contribution >= 4 is 17.7 Å². The Kier molecular flexibility index (Phi) is 6.38. The Labute approximate surface area is 119 Å². The van der Waals surface area contributed by atoms with E-state index in [1.165, 1.54) is 0 Å². The molecular formula is C15H23NO2S. The Morgan fingerprint density at radius 1 is 1.42 bits per heavy atom. The van der Waals surface area contributed by atoms with Crippen LogP contribution in [0.25, 0.3) is 0 Å². The Morgan fingerprint density at radius 3 is 2.53 bits per heavy atom. The van der Waals surface area contributed by atoms with Crippen molar-refractivity contribution in [3.05, 3.63) is 35.9 Å². The minimum Gasteiger partial charge on any atom is -0.480 e. The second kappa shape index (κ2) is 7.56. The first-order chi connectivity index (χ1) is 9.06. The molecule has 0 heterocycles. The van der Waals surface area contributed by atoms with Gasteiger partial charge in [0.05, 0.1) is 0 Å². The molecule has 0 aliphatic rings. The van der Waals surface area contributed by atoms with Crippen molar-refractivity contribution in [1.82, 2.24) is 5.32 Å². The zero-order valence-corrected chi connectivity index (χ0v) is 12.7. The molecule has 0 aliphatic carbocycles. The summed E-state index contributed by atoms with van der Waals surface area (Å²) in [5.74, 6) is 0.0165. The van der Waals surface area contributed by atoms with E-state index in [0.29, 0.717) is 11.7 Å². The quantitative estimate of drug-likeness (QED) is 0.768. The lowest BCUT2D eigenvalue weighted by molar-refractivity contribution is -0.145. The van der Waals surface area contributed by atoms with Gasteiger partial charge in [0.2, 0.25) is 0 Å². The van der Waals surface area contributed by atoms with Gasteiger partial charge in [-0.25, -0.2) is 4.79 Å². The van der Waals surface area contributed by atoms with Crippen LogP contribution in [0.4, 0.5) is 0 Å². The van der Waals surface area contributed by atoms with Crippen LogP contribution in [0.3, 0.4) is 0 Å². The Morgan fingerprint density at radius 2 is 2.05 bits per heavy atom. The smallest absolute Gasteiger partial charge is 0.328 e. The third-order valence-electron chi connectivity index (χ3n) is 3.51. The first-order valence-corrected chi connectivity index (χ1v) is 7.71. The molecule has 1 rings (SSSR count). The summed E-state index contributed by atoms with van der Waals surface area (Å²) in [6.45, 7) is 4.33. The van der Waals surface area contributed by atoms with Gasteiger partial charge in [0.1, 0.15) is 5.54 Å². The predicted octanol–water partition coefficient (Wildman–Crippen LogP) is 3.11. The summed E-state index contributed by atoms with van der Waals surface area (Å²) in [7, 11) is 1.72. The molecule has 4 heteroatoms. The summed E-state index contributed by atoms with van der Waals surface area (Å²) in [5, 5.41) is 13.2. The summed E-state index contributed by atoms with van der Waals surface area (Å²) in [5.41, 5.74) is -0.170. The highest BCUT2D eigenvalue weighted by Gasteiger charge is 2.38. The number of thioether (sulfide) groups is 1. The van der Waals surface area contributed by atoms with Gasteiger partial charge in [-0.2, -0.15) is 11.8 Å². The number of benzene rings is 1. The molecule has 106 valence electrons. The summed E-state index contributed by atoms with van der Waals surface area (Å²) in [4.78, 5) is 11.7. The van der Waals surface area contributed by atoms with E-state index in [9.17, 15) is 9.90 Å². The van der Waals surface area contributed by atoms with Gasteiger partial charge in [0.25, 0.3) is 0 Å². The number of rotatable bonds is 8. The molecule has 2 unspecified atom stereocenters. The lowest BCUT2D eigenvalue weighted by Gasteiger charge is -2.30. The number of hydrogen-bond donors (Lipinski definition) is 2. The third kappa shape index (κ3) is 3.98. The fraction of sp³-hybridized carbons (Fsp3) is 0.533. The van der Waals surface area contributed by atoms with E-state index >= 15 is 0 Å². The predicted molar refractivity (Wildman–Crippen MR) is 81.6 cm³/mol. The number of carboxylic acid groups (broad SMARTS) is 1. The molecule has 0 radical (unpaired) electrons. The van der Waals surface area contributed by atoms with Crippen molar-refractivity contribution in [2.75, 3.05) is 12.8 Å². The van der Waals surface area contributed by atoms with Crippen LogP contribution in [0.15, 0.2) is 30.3 Å². The van der Waals surface area contributed by atoms with Gasteiger partial charge < -0.3 is 10.4 Å². The van der Waals surface area contributed by atoms with E-state index < -0.39 is 11.5 Å². The normalized spacial score (nSPS) is 15.7. The molecule has 0 aliphatic heterocycles. The van der Waals surface area contributed by atoms with Crippen molar-refractivity contribution in [2.24, 2.45) is 0 Å². The molecule has 19 heavy (non-hydrogen) atoms. The lowest BCUT2D eigenvalue weighted by Crippen LogP contribution is -2.48. The second-order valence-electron chi connectivity index (χ2n) is 4.67. The van der Waals surface area contributed by atoms with Crippen LogP contribution in [0.5, 0.6) is 0 Å². The van der Waals surface area contributed by atoms with Gasteiger partial charge in [-0.1, -0.05) is 44.2 Å². The number of likely N-dealkylation sites (N-methyl/N-ethyl adjacent to an activating group) is 1. The highest BCUT2D eigenvalue weighted by Crippen LogP contribution is 2.28. The molecule has 1 aromatic rings. The standard InChI is InChI=1S/C15H23NO2S/c1-4-12(2)19-11-10-15(16-3,14(17)18)13-8-6-5-7-9-13/h5-9,12,16H,4,10-11H2,1-3H3,(H,17,18). The van der Waals surface area contributed by atoms with E-state index in [1.807, 2.05) is 42.1 Å². The molecule has 0 saturated carbocycles. The maximum Gasteiger partial charge on any atom is 0.328 e. The average molecular weight is 281 g/mol. The van der Waals surface area contributed by atoms with Gasteiger partial charge in [-0.05, 0) is 31.2 Å². The highest BCUT2D eigenvalue weighted by molar-refractivity contribution is 7.99. The van der Waals surface area contributed by atoms with E-state index in [4.69, 9.17) is 0 Å². The Hall–Kier alpha value is -1.00.